The SMILES string of the molecule is COc1ccc(C(CC(=O)NCCCn2cccn2)c2c(O)nc3ccccn3c2=O)cc1. The highest BCUT2D eigenvalue weighted by Gasteiger charge is 2.26. The highest BCUT2D eigenvalue weighted by Crippen LogP contribution is 2.31. The van der Waals surface area contributed by atoms with Gasteiger partial charge in [0.05, 0.1) is 12.7 Å². The Kier molecular flexibility index (Phi) is 6.68. The van der Waals surface area contributed by atoms with E-state index in [2.05, 4.69) is 15.4 Å². The summed E-state index contributed by atoms with van der Waals surface area (Å²) in [6, 6.07) is 14.0. The number of hydrogen-bond donors (Lipinski definition) is 2. The summed E-state index contributed by atoms with van der Waals surface area (Å²) in [5.41, 5.74) is 0.703. The Morgan fingerprint density at radius 2 is 1.97 bits per heavy atom. The zero-order valence-corrected chi connectivity index (χ0v) is 18.2. The Labute approximate surface area is 190 Å². The van der Waals surface area contributed by atoms with Crippen LogP contribution in [0.2, 0.25) is 0 Å². The third kappa shape index (κ3) is 5.03. The van der Waals surface area contributed by atoms with Crippen LogP contribution < -0.4 is 15.6 Å². The maximum Gasteiger partial charge on any atom is 0.265 e. The topological polar surface area (TPSA) is 111 Å². The first-order valence-electron chi connectivity index (χ1n) is 10.6. The molecule has 1 amide bonds. The van der Waals surface area contributed by atoms with E-state index in [1.165, 1.54) is 4.40 Å². The van der Waals surface area contributed by atoms with Gasteiger partial charge in [0.25, 0.3) is 5.56 Å². The largest absolute Gasteiger partial charge is 0.497 e. The number of carbonyl (C=O) groups excluding carboxylic acids is 1. The minimum absolute atomic E-state index is 0.0164. The molecule has 0 fully saturated rings. The van der Waals surface area contributed by atoms with Gasteiger partial charge in [-0.2, -0.15) is 10.1 Å². The lowest BCUT2D eigenvalue weighted by molar-refractivity contribution is -0.121. The Bertz CT molecular complexity index is 1280. The number of carbonyl (C=O) groups is 1. The number of benzene rings is 1. The number of methoxy groups -OCH3 is 1. The summed E-state index contributed by atoms with van der Waals surface area (Å²) in [4.78, 5) is 30.2. The lowest BCUT2D eigenvalue weighted by Gasteiger charge is -2.19. The molecule has 1 unspecified atom stereocenters. The van der Waals surface area contributed by atoms with Gasteiger partial charge < -0.3 is 15.2 Å². The molecular formula is C24H25N5O4. The van der Waals surface area contributed by atoms with E-state index in [-0.39, 0.29) is 23.8 Å². The van der Waals surface area contributed by atoms with E-state index in [0.717, 1.165) is 0 Å². The van der Waals surface area contributed by atoms with Crippen molar-refractivity contribution in [3.63, 3.8) is 0 Å². The number of fused-ring (bicyclic) bond motifs is 1. The highest BCUT2D eigenvalue weighted by atomic mass is 16.5. The summed E-state index contributed by atoms with van der Waals surface area (Å²) in [5.74, 6) is -0.635. The normalized spacial score (nSPS) is 11.9. The monoisotopic (exact) mass is 447 g/mol. The number of aryl methyl sites for hydroxylation is 1. The van der Waals surface area contributed by atoms with E-state index in [1.807, 2.05) is 12.3 Å². The standard InChI is InChI=1S/C24H25N5O4/c1-33-18-9-7-17(8-10-18)19(16-21(30)25-11-4-13-28-14-5-12-26-28)22-23(31)27-20-6-2-3-15-29(20)24(22)32/h2-3,5-10,12,14-15,19,31H,4,11,13,16H2,1H3,(H,25,30). The number of aromatic nitrogens is 4. The Hall–Kier alpha value is -4.14. The smallest absolute Gasteiger partial charge is 0.265 e. The van der Waals surface area contributed by atoms with Crippen molar-refractivity contribution in [2.45, 2.75) is 25.3 Å². The second kappa shape index (κ2) is 9.99. The van der Waals surface area contributed by atoms with E-state index in [9.17, 15) is 14.7 Å². The van der Waals surface area contributed by atoms with Crippen LogP contribution in [0, 0.1) is 0 Å². The molecule has 0 saturated carbocycles. The molecule has 33 heavy (non-hydrogen) atoms. The number of rotatable bonds is 9. The molecule has 3 heterocycles. The van der Waals surface area contributed by atoms with Gasteiger partial charge in [0, 0.05) is 44.0 Å². The van der Waals surface area contributed by atoms with Crippen molar-refractivity contribution in [1.29, 1.82) is 0 Å². The zero-order valence-electron chi connectivity index (χ0n) is 18.2. The van der Waals surface area contributed by atoms with E-state index in [1.54, 1.807) is 66.6 Å². The zero-order chi connectivity index (χ0) is 23.2. The highest BCUT2D eigenvalue weighted by molar-refractivity contribution is 5.77. The van der Waals surface area contributed by atoms with Gasteiger partial charge in [-0.3, -0.25) is 18.7 Å². The lowest BCUT2D eigenvalue weighted by atomic mass is 9.89. The van der Waals surface area contributed by atoms with Crippen LogP contribution in [0.15, 0.2) is 71.9 Å². The first-order valence-corrected chi connectivity index (χ1v) is 10.6. The molecular weight excluding hydrogens is 422 g/mol. The summed E-state index contributed by atoms with van der Waals surface area (Å²) in [6.07, 6.45) is 5.86. The molecule has 9 nitrogen and oxygen atoms in total. The second-order valence-corrected chi connectivity index (χ2v) is 7.59. The van der Waals surface area contributed by atoms with Crippen molar-refractivity contribution in [2.24, 2.45) is 0 Å². The average molecular weight is 447 g/mol. The molecule has 0 radical (unpaired) electrons. The predicted octanol–water partition coefficient (Wildman–Crippen LogP) is 2.33. The van der Waals surface area contributed by atoms with Crippen LogP contribution in [0.3, 0.4) is 0 Å². The molecule has 4 rings (SSSR count). The van der Waals surface area contributed by atoms with Gasteiger partial charge in [-0.1, -0.05) is 18.2 Å². The molecule has 9 heteroatoms. The van der Waals surface area contributed by atoms with Gasteiger partial charge in [0.1, 0.15) is 11.4 Å². The molecule has 0 aliphatic rings. The number of hydrogen-bond acceptors (Lipinski definition) is 6. The summed E-state index contributed by atoms with van der Waals surface area (Å²) in [6.45, 7) is 1.15. The molecule has 0 aliphatic carbocycles. The van der Waals surface area contributed by atoms with Crippen LogP contribution in [0.25, 0.3) is 5.65 Å². The molecule has 170 valence electrons. The molecule has 1 atom stereocenters. The number of pyridine rings is 1. The van der Waals surface area contributed by atoms with E-state index < -0.39 is 11.5 Å². The maximum absolute atomic E-state index is 13.3. The van der Waals surface area contributed by atoms with Crippen molar-refractivity contribution in [2.75, 3.05) is 13.7 Å². The van der Waals surface area contributed by atoms with Crippen molar-refractivity contribution in [3.8, 4) is 11.6 Å². The second-order valence-electron chi connectivity index (χ2n) is 7.59. The van der Waals surface area contributed by atoms with E-state index >= 15 is 0 Å². The third-order valence-electron chi connectivity index (χ3n) is 5.45. The molecule has 0 saturated heterocycles. The minimum atomic E-state index is -0.681. The van der Waals surface area contributed by atoms with Gasteiger partial charge in [-0.05, 0) is 42.3 Å². The Balaban J connectivity index is 1.59. The van der Waals surface area contributed by atoms with Gasteiger partial charge in [0.2, 0.25) is 11.8 Å². The fourth-order valence-corrected chi connectivity index (χ4v) is 3.78. The molecule has 1 aromatic carbocycles. The summed E-state index contributed by atoms with van der Waals surface area (Å²) < 4.78 is 8.39. The molecule has 0 spiro atoms. The van der Waals surface area contributed by atoms with Crippen LogP contribution in [-0.2, 0) is 11.3 Å². The van der Waals surface area contributed by atoms with Gasteiger partial charge in [-0.25, -0.2) is 0 Å². The van der Waals surface area contributed by atoms with Gasteiger partial charge in [0.15, 0.2) is 0 Å². The fourth-order valence-electron chi connectivity index (χ4n) is 3.78. The number of amides is 1. The maximum atomic E-state index is 13.3. The Morgan fingerprint density at radius 3 is 2.70 bits per heavy atom. The fraction of sp³-hybridized carbons (Fsp3) is 0.250. The molecule has 4 aromatic rings. The third-order valence-corrected chi connectivity index (χ3v) is 5.45. The first-order chi connectivity index (χ1) is 16.1. The summed E-state index contributed by atoms with van der Waals surface area (Å²) in [7, 11) is 1.56. The van der Waals surface area contributed by atoms with Gasteiger partial charge >= 0.3 is 0 Å². The molecule has 3 aromatic heterocycles. The first kappa shape index (κ1) is 22.1. The number of nitrogens with one attached hydrogen (secondary N) is 1. The van der Waals surface area contributed by atoms with Crippen LogP contribution in [-0.4, -0.2) is 43.8 Å². The van der Waals surface area contributed by atoms with Crippen LogP contribution in [0.1, 0.15) is 29.9 Å². The van der Waals surface area contributed by atoms with Crippen LogP contribution >= 0.6 is 0 Å². The quantitative estimate of drug-likeness (QED) is 0.381. The Morgan fingerprint density at radius 1 is 1.15 bits per heavy atom. The lowest BCUT2D eigenvalue weighted by Crippen LogP contribution is -2.29. The molecule has 2 N–H and O–H groups in total. The predicted molar refractivity (Wildman–Crippen MR) is 122 cm³/mol. The van der Waals surface area contributed by atoms with Crippen molar-refractivity contribution >= 4 is 11.6 Å². The molecule has 0 bridgehead atoms. The van der Waals surface area contributed by atoms with Crippen molar-refractivity contribution in [1.82, 2.24) is 24.5 Å². The van der Waals surface area contributed by atoms with E-state index in [0.29, 0.717) is 36.5 Å². The number of ether oxygens (including phenoxy) is 1. The van der Waals surface area contributed by atoms with E-state index in [4.69, 9.17) is 4.74 Å². The van der Waals surface area contributed by atoms with Crippen LogP contribution in [0.4, 0.5) is 0 Å². The number of aromatic hydroxyl groups is 1. The number of nitrogens with zero attached hydrogens (tertiary/aromatic N) is 4. The summed E-state index contributed by atoms with van der Waals surface area (Å²) >= 11 is 0. The minimum Gasteiger partial charge on any atom is -0.497 e. The molecule has 0 aliphatic heterocycles. The van der Waals surface area contributed by atoms with Gasteiger partial charge in [-0.15, -0.1) is 0 Å². The van der Waals surface area contributed by atoms with Crippen molar-refractivity contribution < 1.29 is 14.6 Å². The van der Waals surface area contributed by atoms with Crippen LogP contribution in [0.5, 0.6) is 11.6 Å². The summed E-state index contributed by atoms with van der Waals surface area (Å²) in [5, 5.41) is 17.7. The average Bonchev–Trinajstić information content (AvgIpc) is 3.35. The van der Waals surface area contributed by atoms with Crippen molar-refractivity contribution in [3.05, 3.63) is 88.6 Å².